The molecular formula is C18H19ClN2O3S. The highest BCUT2D eigenvalue weighted by Gasteiger charge is 2.31. The number of carbonyl (C=O) groups excluding carboxylic acids is 1. The molecule has 2 aromatic carbocycles. The van der Waals surface area contributed by atoms with Crippen molar-refractivity contribution in [2.24, 2.45) is 5.92 Å². The van der Waals surface area contributed by atoms with Crippen LogP contribution >= 0.6 is 11.6 Å². The number of carbonyl (C=O) groups is 1. The number of halogens is 1. The van der Waals surface area contributed by atoms with Crippen LogP contribution in [0.5, 0.6) is 0 Å². The van der Waals surface area contributed by atoms with Gasteiger partial charge in [0.1, 0.15) is 0 Å². The van der Waals surface area contributed by atoms with E-state index in [0.717, 1.165) is 11.3 Å². The van der Waals surface area contributed by atoms with E-state index < -0.39 is 10.0 Å². The van der Waals surface area contributed by atoms with Crippen LogP contribution in [0.2, 0.25) is 5.02 Å². The topological polar surface area (TPSA) is 66.5 Å². The Hall–Kier alpha value is -1.89. The van der Waals surface area contributed by atoms with Crippen molar-refractivity contribution in [2.45, 2.75) is 18.2 Å². The molecular weight excluding hydrogens is 360 g/mol. The first-order valence-corrected chi connectivity index (χ1v) is 9.83. The molecule has 1 N–H and O–H groups in total. The standard InChI is InChI=1S/C18H19ClN2O3S/c1-13-2-8-17(9-3-13)25(23,24)20-11-14-10-18(22)21(12-14)16-6-4-15(19)5-7-16/h2-9,14,20H,10-12H2,1H3/t14-/m1/s1. The van der Waals surface area contributed by atoms with Crippen LogP contribution < -0.4 is 9.62 Å². The predicted octanol–water partition coefficient (Wildman–Crippen LogP) is 2.98. The van der Waals surface area contributed by atoms with Crippen molar-refractivity contribution in [2.75, 3.05) is 18.0 Å². The highest BCUT2D eigenvalue weighted by molar-refractivity contribution is 7.89. The van der Waals surface area contributed by atoms with Gasteiger partial charge in [0.05, 0.1) is 4.90 Å². The summed E-state index contributed by atoms with van der Waals surface area (Å²) in [5, 5.41) is 0.609. The van der Waals surface area contributed by atoms with Crippen molar-refractivity contribution in [3.8, 4) is 0 Å². The number of hydrogen-bond donors (Lipinski definition) is 1. The smallest absolute Gasteiger partial charge is 0.240 e. The van der Waals surface area contributed by atoms with Gasteiger partial charge in [0.15, 0.2) is 0 Å². The molecule has 0 aliphatic carbocycles. The average molecular weight is 379 g/mol. The van der Waals surface area contributed by atoms with Crippen LogP contribution in [0.25, 0.3) is 0 Å². The van der Waals surface area contributed by atoms with Gasteiger partial charge < -0.3 is 4.90 Å². The summed E-state index contributed by atoms with van der Waals surface area (Å²) >= 11 is 5.87. The van der Waals surface area contributed by atoms with Gasteiger partial charge in [-0.3, -0.25) is 4.79 Å². The second-order valence-electron chi connectivity index (χ2n) is 6.22. The zero-order chi connectivity index (χ0) is 18.0. The highest BCUT2D eigenvalue weighted by Crippen LogP contribution is 2.26. The lowest BCUT2D eigenvalue weighted by Crippen LogP contribution is -2.31. The molecule has 2 aromatic rings. The fraction of sp³-hybridized carbons (Fsp3) is 0.278. The summed E-state index contributed by atoms with van der Waals surface area (Å²) in [4.78, 5) is 14.1. The molecule has 0 unspecified atom stereocenters. The van der Waals surface area contributed by atoms with E-state index in [1.54, 1.807) is 53.4 Å². The van der Waals surface area contributed by atoms with Crippen LogP contribution in [0.1, 0.15) is 12.0 Å². The molecule has 0 radical (unpaired) electrons. The minimum Gasteiger partial charge on any atom is -0.312 e. The molecule has 5 nitrogen and oxygen atoms in total. The number of hydrogen-bond acceptors (Lipinski definition) is 3. The Kier molecular flexibility index (Phi) is 5.13. The van der Waals surface area contributed by atoms with E-state index in [-0.39, 0.29) is 23.3 Å². The maximum absolute atomic E-state index is 12.3. The number of benzene rings is 2. The quantitative estimate of drug-likeness (QED) is 0.869. The molecule has 0 spiro atoms. The first-order chi connectivity index (χ1) is 11.8. The van der Waals surface area contributed by atoms with Crippen molar-refractivity contribution in [1.82, 2.24) is 4.72 Å². The maximum Gasteiger partial charge on any atom is 0.240 e. The molecule has 1 fully saturated rings. The third-order valence-corrected chi connectivity index (χ3v) is 5.93. The van der Waals surface area contributed by atoms with Crippen LogP contribution in [-0.2, 0) is 14.8 Å². The number of amides is 1. The zero-order valence-corrected chi connectivity index (χ0v) is 15.3. The Bertz CT molecular complexity index is 864. The predicted molar refractivity (Wildman–Crippen MR) is 98.3 cm³/mol. The van der Waals surface area contributed by atoms with Gasteiger partial charge in [-0.05, 0) is 49.2 Å². The molecule has 7 heteroatoms. The third kappa shape index (κ3) is 4.21. The normalized spacial score (nSPS) is 17.9. The lowest BCUT2D eigenvalue weighted by Gasteiger charge is -2.17. The first-order valence-electron chi connectivity index (χ1n) is 7.97. The average Bonchev–Trinajstić information content (AvgIpc) is 2.95. The van der Waals surface area contributed by atoms with Gasteiger partial charge in [0.2, 0.25) is 15.9 Å². The number of nitrogens with one attached hydrogen (secondary N) is 1. The van der Waals surface area contributed by atoms with Crippen LogP contribution in [0, 0.1) is 12.8 Å². The fourth-order valence-corrected chi connectivity index (χ4v) is 4.06. The van der Waals surface area contributed by atoms with Gasteiger partial charge >= 0.3 is 0 Å². The molecule has 1 aliphatic heterocycles. The first kappa shape index (κ1) is 17.9. The van der Waals surface area contributed by atoms with E-state index in [4.69, 9.17) is 11.6 Å². The number of nitrogens with zero attached hydrogens (tertiary/aromatic N) is 1. The lowest BCUT2D eigenvalue weighted by molar-refractivity contribution is -0.117. The van der Waals surface area contributed by atoms with Crippen molar-refractivity contribution >= 4 is 33.2 Å². The molecule has 1 saturated heterocycles. The van der Waals surface area contributed by atoms with Crippen LogP contribution in [0.3, 0.4) is 0 Å². The van der Waals surface area contributed by atoms with E-state index in [0.29, 0.717) is 18.0 Å². The van der Waals surface area contributed by atoms with E-state index >= 15 is 0 Å². The van der Waals surface area contributed by atoms with Gasteiger partial charge in [-0.2, -0.15) is 0 Å². The van der Waals surface area contributed by atoms with E-state index in [1.807, 2.05) is 6.92 Å². The lowest BCUT2D eigenvalue weighted by atomic mass is 10.1. The molecule has 1 heterocycles. The van der Waals surface area contributed by atoms with Crippen LogP contribution in [-0.4, -0.2) is 27.4 Å². The molecule has 1 atom stereocenters. The Morgan fingerprint density at radius 3 is 2.40 bits per heavy atom. The van der Waals surface area contributed by atoms with E-state index in [9.17, 15) is 13.2 Å². The minimum absolute atomic E-state index is 0.0122. The molecule has 0 aromatic heterocycles. The number of rotatable bonds is 5. The van der Waals surface area contributed by atoms with Gasteiger partial charge in [-0.1, -0.05) is 29.3 Å². The van der Waals surface area contributed by atoms with Crippen molar-refractivity contribution < 1.29 is 13.2 Å². The van der Waals surface area contributed by atoms with Crippen molar-refractivity contribution in [1.29, 1.82) is 0 Å². The Labute approximate surface area is 152 Å². The molecule has 3 rings (SSSR count). The minimum atomic E-state index is -3.57. The maximum atomic E-state index is 12.3. The third-order valence-electron chi connectivity index (χ3n) is 4.24. The summed E-state index contributed by atoms with van der Waals surface area (Å²) < 4.78 is 27.3. The van der Waals surface area contributed by atoms with E-state index in [2.05, 4.69) is 4.72 Å². The second-order valence-corrected chi connectivity index (χ2v) is 8.42. The molecule has 1 aliphatic rings. The summed E-state index contributed by atoms with van der Waals surface area (Å²) in [7, 11) is -3.57. The van der Waals surface area contributed by atoms with Gasteiger partial charge in [-0.15, -0.1) is 0 Å². The highest BCUT2D eigenvalue weighted by atomic mass is 35.5. The van der Waals surface area contributed by atoms with Crippen LogP contribution in [0.4, 0.5) is 5.69 Å². The Morgan fingerprint density at radius 1 is 1.12 bits per heavy atom. The van der Waals surface area contributed by atoms with Crippen molar-refractivity contribution in [3.05, 3.63) is 59.1 Å². The molecule has 25 heavy (non-hydrogen) atoms. The van der Waals surface area contributed by atoms with E-state index in [1.165, 1.54) is 0 Å². The summed E-state index contributed by atoms with van der Waals surface area (Å²) in [5.74, 6) is -0.0785. The zero-order valence-electron chi connectivity index (χ0n) is 13.8. The molecule has 0 saturated carbocycles. The number of aryl methyl sites for hydroxylation is 1. The van der Waals surface area contributed by atoms with Gasteiger partial charge in [0.25, 0.3) is 0 Å². The SMILES string of the molecule is Cc1ccc(S(=O)(=O)NC[C@H]2CC(=O)N(c3ccc(Cl)cc3)C2)cc1. The Balaban J connectivity index is 1.63. The molecule has 1 amide bonds. The van der Waals surface area contributed by atoms with Gasteiger partial charge in [0, 0.05) is 30.2 Å². The van der Waals surface area contributed by atoms with Crippen LogP contribution in [0.15, 0.2) is 53.4 Å². The van der Waals surface area contributed by atoms with Gasteiger partial charge in [-0.25, -0.2) is 13.1 Å². The summed E-state index contributed by atoms with van der Waals surface area (Å²) in [6.45, 7) is 2.61. The molecule has 0 bridgehead atoms. The van der Waals surface area contributed by atoms with Crippen molar-refractivity contribution in [3.63, 3.8) is 0 Å². The number of anilines is 1. The Morgan fingerprint density at radius 2 is 1.76 bits per heavy atom. The summed E-state index contributed by atoms with van der Waals surface area (Å²) in [6.07, 6.45) is 0.318. The monoisotopic (exact) mass is 378 g/mol. The molecule has 132 valence electrons. The fourth-order valence-electron chi connectivity index (χ4n) is 2.82. The second kappa shape index (κ2) is 7.15. The summed E-state index contributed by atoms with van der Waals surface area (Å²) in [5.41, 5.74) is 1.78. The number of sulfonamides is 1. The largest absolute Gasteiger partial charge is 0.312 e. The summed E-state index contributed by atoms with van der Waals surface area (Å²) in [6, 6.07) is 13.7.